The first-order valence-electron chi connectivity index (χ1n) is 11.8. The number of nitrogens with zero attached hydrogens (tertiary/aromatic N) is 4. The number of aromatic nitrogens is 4. The molecule has 2 aromatic carbocycles. The van der Waals surface area contributed by atoms with Crippen LogP contribution in [0.5, 0.6) is 0 Å². The van der Waals surface area contributed by atoms with Gasteiger partial charge in [-0.05, 0) is 79.0 Å². The molecule has 0 fully saturated rings. The second-order valence-corrected chi connectivity index (χ2v) is 16.3. The zero-order valence-corrected chi connectivity index (χ0v) is 28.1. The molecule has 6 aromatic heterocycles. The van der Waals surface area contributed by atoms with Crippen molar-refractivity contribution in [3.63, 3.8) is 0 Å². The highest BCUT2D eigenvalue weighted by molar-refractivity contribution is 9.11. The number of thiophene rings is 4. The highest BCUT2D eigenvalue weighted by Crippen LogP contribution is 2.41. The van der Waals surface area contributed by atoms with Crippen molar-refractivity contribution in [2.45, 2.75) is 0 Å². The normalized spacial score (nSPS) is 11.2. The third kappa shape index (κ3) is 5.16. The molecule has 12 heteroatoms. The number of rotatable bonds is 4. The molecule has 0 aliphatic heterocycles. The third-order valence-corrected chi connectivity index (χ3v) is 12.3. The third-order valence-electron chi connectivity index (χ3n) is 6.08. The molecule has 4 nitrogen and oxygen atoms in total. The summed E-state index contributed by atoms with van der Waals surface area (Å²) >= 11 is 16.5. The van der Waals surface area contributed by atoms with Crippen molar-refractivity contribution in [1.82, 2.24) is 17.5 Å². The van der Waals surface area contributed by atoms with E-state index in [1.807, 2.05) is 0 Å². The summed E-state index contributed by atoms with van der Waals surface area (Å²) in [5, 5.41) is 4.18. The van der Waals surface area contributed by atoms with E-state index >= 15 is 0 Å². The topological polar surface area (TPSA) is 51.6 Å². The van der Waals surface area contributed by atoms with Crippen molar-refractivity contribution in [3.05, 3.63) is 91.1 Å². The fourth-order valence-corrected chi connectivity index (χ4v) is 9.79. The maximum Gasteiger partial charge on any atom is 0.114 e. The minimum absolute atomic E-state index is 0.983. The molecule has 0 bridgehead atoms. The van der Waals surface area contributed by atoms with Crippen molar-refractivity contribution in [2.75, 3.05) is 0 Å². The van der Waals surface area contributed by atoms with E-state index in [0.29, 0.717) is 0 Å². The van der Waals surface area contributed by atoms with Gasteiger partial charge in [0, 0.05) is 41.8 Å². The number of fused-ring (bicyclic) bond motifs is 2. The number of benzene rings is 2. The van der Waals surface area contributed by atoms with Crippen LogP contribution in [0.3, 0.4) is 0 Å². The molecule has 8 rings (SSSR count). The Morgan fingerprint density at radius 1 is 0.425 bits per heavy atom. The van der Waals surface area contributed by atoms with E-state index in [9.17, 15) is 0 Å². The number of halogens is 2. The van der Waals surface area contributed by atoms with E-state index in [1.54, 1.807) is 45.3 Å². The lowest BCUT2D eigenvalue weighted by atomic mass is 10.1. The predicted octanol–water partition coefficient (Wildman–Crippen LogP) is 11.8. The second kappa shape index (κ2) is 11.6. The van der Waals surface area contributed by atoms with Crippen molar-refractivity contribution in [2.24, 2.45) is 0 Å². The van der Waals surface area contributed by atoms with Crippen LogP contribution in [-0.2, 0) is 0 Å². The number of hydrogen-bond acceptors (Lipinski definition) is 10. The Bertz CT molecular complexity index is 1910. The van der Waals surface area contributed by atoms with E-state index in [4.69, 9.17) is 0 Å². The summed E-state index contributed by atoms with van der Waals surface area (Å²) in [6.07, 6.45) is 0. The quantitative estimate of drug-likeness (QED) is 0.179. The lowest BCUT2D eigenvalue weighted by Crippen LogP contribution is -1.81. The van der Waals surface area contributed by atoms with Gasteiger partial charge in [-0.3, -0.25) is 0 Å². The van der Waals surface area contributed by atoms with Gasteiger partial charge in [0.1, 0.15) is 22.1 Å². The van der Waals surface area contributed by atoms with Crippen LogP contribution in [0, 0.1) is 0 Å². The Hall–Kier alpha value is -2.16. The lowest BCUT2D eigenvalue weighted by molar-refractivity contribution is 1.63. The molecule has 0 aliphatic rings. The van der Waals surface area contributed by atoms with Gasteiger partial charge < -0.3 is 0 Å². The smallest absolute Gasteiger partial charge is 0.114 e. The molecule has 8 aromatic rings. The molecule has 40 heavy (non-hydrogen) atoms. The van der Waals surface area contributed by atoms with Crippen LogP contribution in [0.4, 0.5) is 0 Å². The first kappa shape index (κ1) is 26.7. The largest absolute Gasteiger partial charge is 0.172 e. The first-order chi connectivity index (χ1) is 19.7. The molecule has 0 radical (unpaired) electrons. The van der Waals surface area contributed by atoms with Gasteiger partial charge in [0.05, 0.1) is 31.0 Å². The van der Waals surface area contributed by atoms with E-state index in [-0.39, 0.29) is 0 Å². The summed E-state index contributed by atoms with van der Waals surface area (Å²) in [7, 11) is 0. The molecule has 0 atom stereocenters. The van der Waals surface area contributed by atoms with Gasteiger partial charge >= 0.3 is 0 Å². The van der Waals surface area contributed by atoms with Gasteiger partial charge in [-0.25, -0.2) is 0 Å². The highest BCUT2D eigenvalue weighted by Gasteiger charge is 2.16. The average molecular weight is 759 g/mol. The van der Waals surface area contributed by atoms with E-state index in [2.05, 4.69) is 133 Å². The summed E-state index contributed by atoms with van der Waals surface area (Å²) in [5.74, 6) is 0. The van der Waals surface area contributed by atoms with Crippen LogP contribution in [0.25, 0.3) is 63.8 Å². The van der Waals surface area contributed by atoms with Crippen LogP contribution >= 0.6 is 101 Å². The fraction of sp³-hybridized carbons (Fsp3) is 0. The van der Waals surface area contributed by atoms with Crippen molar-refractivity contribution in [3.8, 4) is 41.8 Å². The minimum Gasteiger partial charge on any atom is -0.172 e. The van der Waals surface area contributed by atoms with Crippen LogP contribution in [0.15, 0.2) is 91.1 Å². The summed E-state index contributed by atoms with van der Waals surface area (Å²) in [4.78, 5) is 4.91. The average Bonchev–Trinajstić information content (AvgIpc) is 3.81. The van der Waals surface area contributed by atoms with Crippen LogP contribution in [0.1, 0.15) is 0 Å². The Labute approximate surface area is 270 Å². The van der Waals surface area contributed by atoms with Gasteiger partial charge in [0.25, 0.3) is 0 Å². The molecule has 0 unspecified atom stereocenters. The Morgan fingerprint density at radius 2 is 0.800 bits per heavy atom. The Kier molecular flexibility index (Phi) is 7.76. The highest BCUT2D eigenvalue weighted by atomic mass is 79.9. The molecule has 0 saturated heterocycles. The molecule has 6 heterocycles. The van der Waals surface area contributed by atoms with E-state index in [1.165, 1.54) is 54.1 Å². The van der Waals surface area contributed by atoms with Gasteiger partial charge in [-0.1, -0.05) is 36.4 Å². The molecule has 0 amide bonds. The summed E-state index contributed by atoms with van der Waals surface area (Å²) in [6.45, 7) is 0. The maximum atomic E-state index is 4.51. The van der Waals surface area contributed by atoms with Gasteiger partial charge in [0.15, 0.2) is 0 Å². The van der Waals surface area contributed by atoms with Crippen molar-refractivity contribution in [1.29, 1.82) is 0 Å². The van der Waals surface area contributed by atoms with Crippen molar-refractivity contribution < 1.29 is 0 Å². The SMILES string of the molecule is Brc1ccc(-c2ccc(-c3ccc(Br)s3)c3nsnc23)s1.c1csc(-c2ccc(-c3cccs3)c3nsnc23)c1. The fourth-order valence-electron chi connectivity index (χ4n) is 4.31. The molecule has 0 spiro atoms. The lowest BCUT2D eigenvalue weighted by Gasteiger charge is -2.03. The molecule has 0 N–H and O–H groups in total. The molecular formula is C28H14Br2N4S6. The Balaban J connectivity index is 0.000000133. The maximum absolute atomic E-state index is 4.51. The van der Waals surface area contributed by atoms with Crippen LogP contribution in [0.2, 0.25) is 0 Å². The zero-order valence-electron chi connectivity index (χ0n) is 20.1. The van der Waals surface area contributed by atoms with Crippen molar-refractivity contribution >= 4 is 123 Å². The molecule has 0 aliphatic carbocycles. The summed E-state index contributed by atoms with van der Waals surface area (Å²) in [6, 6.07) is 25.4. The molecule has 196 valence electrons. The van der Waals surface area contributed by atoms with E-state index in [0.717, 1.165) is 40.8 Å². The molecular weight excluding hydrogens is 745 g/mol. The van der Waals surface area contributed by atoms with Gasteiger partial charge in [0.2, 0.25) is 0 Å². The number of hydrogen-bond donors (Lipinski definition) is 0. The zero-order chi connectivity index (χ0) is 27.1. The van der Waals surface area contributed by atoms with Crippen LogP contribution < -0.4 is 0 Å². The second-order valence-electron chi connectivity index (χ2n) is 8.41. The monoisotopic (exact) mass is 756 g/mol. The summed E-state index contributed by atoms with van der Waals surface area (Å²) < 4.78 is 20.2. The van der Waals surface area contributed by atoms with E-state index < -0.39 is 0 Å². The first-order valence-corrected chi connectivity index (χ1v) is 18.2. The summed E-state index contributed by atoms with van der Waals surface area (Å²) in [5.41, 5.74) is 8.64. The van der Waals surface area contributed by atoms with Gasteiger partial charge in [-0.2, -0.15) is 17.5 Å². The standard InChI is InChI=1S/C14H6Br2N2S3.C14H8N2S3/c15-11-5-3-9(19-11)7-1-2-8(10-4-6-12(16)20-10)14-13(7)17-21-18-14;1-3-11(17-7-1)9-5-6-10(12-4-2-8-18-12)14-13(9)15-19-16-14/h1-6H;1-8H. The Morgan fingerprint density at radius 3 is 1.10 bits per heavy atom. The van der Waals surface area contributed by atoms with Gasteiger partial charge in [-0.15, -0.1) is 45.3 Å². The molecule has 0 saturated carbocycles. The van der Waals surface area contributed by atoms with Crippen LogP contribution in [-0.4, -0.2) is 17.5 Å². The predicted molar refractivity (Wildman–Crippen MR) is 183 cm³/mol. The minimum atomic E-state index is 0.983.